The van der Waals surface area contributed by atoms with Crippen molar-refractivity contribution in [1.82, 2.24) is 38.9 Å². The second-order valence-electron chi connectivity index (χ2n) is 26.4. The predicted octanol–water partition coefficient (Wildman–Crippen LogP) is 13.2. The Labute approximate surface area is 573 Å². The van der Waals surface area contributed by atoms with Gasteiger partial charge in [-0.1, -0.05) is 49.6 Å². The van der Waals surface area contributed by atoms with E-state index in [-0.39, 0.29) is 29.6 Å². The lowest BCUT2D eigenvalue weighted by Gasteiger charge is -2.47. The van der Waals surface area contributed by atoms with E-state index < -0.39 is 17.2 Å². The molecule has 512 valence electrons. The molecule has 5 N–H and O–H groups in total. The van der Waals surface area contributed by atoms with Crippen LogP contribution >= 0.6 is 11.6 Å². The van der Waals surface area contributed by atoms with Crippen LogP contribution in [0.15, 0.2) is 123 Å². The zero-order valence-corrected chi connectivity index (χ0v) is 58.2. The number of nitrogens with zero attached hydrogens (tertiary/aromatic N) is 10. The fourth-order valence-electron chi connectivity index (χ4n) is 13.6. The van der Waals surface area contributed by atoms with Crippen LogP contribution in [0.4, 0.5) is 46.0 Å². The summed E-state index contributed by atoms with van der Waals surface area (Å²) in [6.45, 7) is 22.4. The molecule has 4 aromatic carbocycles. The first-order chi connectivity index (χ1) is 46.5. The van der Waals surface area contributed by atoms with Crippen molar-refractivity contribution in [2.24, 2.45) is 24.9 Å². The minimum atomic E-state index is -0.509. The van der Waals surface area contributed by atoms with E-state index in [2.05, 4.69) is 72.8 Å². The minimum Gasteiger partial charge on any atom is -0.494 e. The number of carbonyl (C=O) groups excluding carboxylic acids is 4. The molecule has 4 saturated heterocycles. The Morgan fingerprint density at radius 2 is 0.959 bits per heavy atom. The van der Waals surface area contributed by atoms with E-state index in [4.69, 9.17) is 46.3 Å². The van der Waals surface area contributed by atoms with Gasteiger partial charge in [0.05, 0.1) is 71.9 Å². The lowest BCUT2D eigenvalue weighted by molar-refractivity contribution is -0.112. The Kier molecular flexibility index (Phi) is 22.2. The molecule has 0 bridgehead atoms. The lowest BCUT2D eigenvalue weighted by atomic mass is 9.71. The third kappa shape index (κ3) is 16.3. The molecule has 23 heteroatoms. The van der Waals surface area contributed by atoms with E-state index in [1.54, 1.807) is 14.2 Å². The number of halogens is 1. The van der Waals surface area contributed by atoms with Gasteiger partial charge in [0.1, 0.15) is 22.6 Å². The normalized spacial score (nSPS) is 16.1. The number of fused-ring (bicyclic) bond motifs is 2. The number of nitrogen functional groups attached to an aromatic ring is 1. The molecule has 22 nitrogen and oxygen atoms in total. The maximum atomic E-state index is 13.2. The third-order valence-electron chi connectivity index (χ3n) is 19.2. The molecule has 0 radical (unpaired) electrons. The number of methoxy groups -OCH3 is 2. The topological polar surface area (TPSA) is 242 Å². The maximum absolute atomic E-state index is 13.2. The summed E-state index contributed by atoms with van der Waals surface area (Å²) < 4.78 is 26.8. The molecule has 4 fully saturated rings. The number of likely N-dealkylation sites (tertiary alicyclic amines) is 2. The van der Waals surface area contributed by atoms with Gasteiger partial charge in [-0.3, -0.25) is 9.59 Å². The summed E-state index contributed by atoms with van der Waals surface area (Å²) in [4.78, 5) is 76.8. The first-order valence-electron chi connectivity index (χ1n) is 33.1. The smallest absolute Gasteiger partial charge is 0.342 e. The van der Waals surface area contributed by atoms with Gasteiger partial charge >= 0.3 is 11.9 Å². The highest BCUT2D eigenvalue weighted by Crippen LogP contribution is 2.47. The summed E-state index contributed by atoms with van der Waals surface area (Å²) in [5, 5.41) is 11.0. The number of allylic oxidation sites excluding steroid dienone is 1. The summed E-state index contributed by atoms with van der Waals surface area (Å²) in [5.74, 6) is 0.518. The molecule has 2 spiro atoms. The highest BCUT2D eigenvalue weighted by atomic mass is 35.5. The molecule has 4 aliphatic heterocycles. The Morgan fingerprint density at radius 1 is 0.567 bits per heavy atom. The SMILES string of the molecule is C=CC(=O)Cl.C=CC(=O)Nc1cc(Nc2ncc(C(=O)OC(C)C)c(-c3cn(C)c4ccccc34)n2)c(OC)cc1N1CCC2(CCN(C)CC2)CC1.COc1cc(N2CCC3(CCN(C)CC3)CC2)c(N)cc1Nc1ncc(C(=O)OC(C)C)c(-c2cn(C)c3ccccc23)n1. The van der Waals surface area contributed by atoms with Crippen molar-refractivity contribution >= 4 is 103 Å². The molecule has 4 aliphatic rings. The number of aromatic nitrogens is 6. The highest BCUT2D eigenvalue weighted by Gasteiger charge is 2.39. The zero-order valence-electron chi connectivity index (χ0n) is 57.5. The quantitative estimate of drug-likeness (QED) is 0.0287. The van der Waals surface area contributed by atoms with Gasteiger partial charge in [-0.25, -0.2) is 29.5 Å². The number of carbonyl (C=O) groups is 4. The van der Waals surface area contributed by atoms with Gasteiger partial charge in [-0.15, -0.1) is 0 Å². The second kappa shape index (κ2) is 30.7. The number of rotatable bonds is 17. The number of para-hydroxylation sites is 2. The largest absolute Gasteiger partial charge is 0.494 e. The number of anilines is 8. The van der Waals surface area contributed by atoms with E-state index >= 15 is 0 Å². The van der Waals surface area contributed by atoms with E-state index in [0.717, 1.165) is 102 Å². The number of esters is 2. The summed E-state index contributed by atoms with van der Waals surface area (Å²) >= 11 is 4.71. The molecule has 8 aromatic rings. The van der Waals surface area contributed by atoms with Crippen LogP contribution < -0.4 is 41.0 Å². The Balaban J connectivity index is 0.000000198. The number of piperidine rings is 4. The maximum Gasteiger partial charge on any atom is 0.342 e. The molecule has 0 unspecified atom stereocenters. The number of ether oxygens (including phenoxy) is 4. The van der Waals surface area contributed by atoms with Crippen LogP contribution in [0, 0.1) is 10.8 Å². The molecule has 0 saturated carbocycles. The summed E-state index contributed by atoms with van der Waals surface area (Å²) in [5.41, 5.74) is 17.0. The zero-order chi connectivity index (χ0) is 69.3. The number of hydrogen-bond acceptors (Lipinski definition) is 19. The molecule has 4 aromatic heterocycles. The van der Waals surface area contributed by atoms with Crippen LogP contribution in [0.3, 0.4) is 0 Å². The Morgan fingerprint density at radius 3 is 1.36 bits per heavy atom. The lowest BCUT2D eigenvalue weighted by Crippen LogP contribution is -2.46. The second-order valence-corrected chi connectivity index (χ2v) is 26.7. The first-order valence-corrected chi connectivity index (χ1v) is 33.5. The standard InChI is InChI=1S/C37H45N7O4.C34H43N7O3.C3H3ClO/c1-7-33(45)39-28-20-29(32(47-6)21-31(28)44-18-14-37(15-19-44)12-16-42(4)17-13-37)40-36-38-22-26(35(46)48-24(2)3)34(41-36)27-23-43(5)30-11-9-8-10-25(27)30;1-22(2)44-32(42)24-20-36-33(38-31(24)25-21-40(4)28-9-7-6-8-23(25)28)37-27-18-26(35)29(19-30(27)43-5)41-16-12-34(13-17-41)10-14-39(3)15-11-34;1-2-3(4)5/h7-11,20-24H,1,12-19H2,2-6H3,(H,39,45)(H,38,40,41);6-9,18-22H,10-17,35H2,1-5H3,(H,36,37,38);2H,1H2. The van der Waals surface area contributed by atoms with E-state index in [1.807, 2.05) is 136 Å². The van der Waals surface area contributed by atoms with Gasteiger partial charge < -0.3 is 69.4 Å². The van der Waals surface area contributed by atoms with Crippen LogP contribution in [-0.2, 0) is 33.2 Å². The van der Waals surface area contributed by atoms with Crippen LogP contribution in [0.1, 0.15) is 99.8 Å². The number of benzene rings is 4. The number of hydrogen-bond donors (Lipinski definition) is 4. The van der Waals surface area contributed by atoms with Crippen LogP contribution in [0.5, 0.6) is 11.5 Å². The van der Waals surface area contributed by atoms with Crippen molar-refractivity contribution < 1.29 is 38.1 Å². The number of nitrogens with one attached hydrogen (secondary N) is 3. The molecule has 97 heavy (non-hydrogen) atoms. The summed E-state index contributed by atoms with van der Waals surface area (Å²) in [6, 6.07) is 23.7. The van der Waals surface area contributed by atoms with E-state index in [0.29, 0.717) is 68.0 Å². The number of amides is 1. The highest BCUT2D eigenvalue weighted by molar-refractivity contribution is 6.66. The average molecular weight is 1340 g/mol. The van der Waals surface area contributed by atoms with Crippen molar-refractivity contribution in [2.45, 2.75) is 91.3 Å². The monoisotopic (exact) mass is 1340 g/mol. The van der Waals surface area contributed by atoms with Gasteiger partial charge in [-0.2, -0.15) is 0 Å². The minimum absolute atomic E-state index is 0.258. The summed E-state index contributed by atoms with van der Waals surface area (Å²) in [6.07, 6.45) is 18.2. The van der Waals surface area contributed by atoms with Gasteiger partial charge in [0.15, 0.2) is 0 Å². The van der Waals surface area contributed by atoms with E-state index in [9.17, 15) is 19.2 Å². The molecular formula is C74H91ClN14O8. The predicted molar refractivity (Wildman–Crippen MR) is 387 cm³/mol. The van der Waals surface area contributed by atoms with Crippen molar-refractivity contribution in [3.63, 3.8) is 0 Å². The van der Waals surface area contributed by atoms with Crippen LogP contribution in [0.2, 0.25) is 0 Å². The fraction of sp³-hybridized carbons (Fsp3) is 0.405. The Hall–Kier alpha value is -9.51. The molecule has 8 heterocycles. The van der Waals surface area contributed by atoms with Gasteiger partial charge in [0.25, 0.3) is 0 Å². The van der Waals surface area contributed by atoms with Gasteiger partial charge in [-0.05, 0) is 178 Å². The molecular weight excluding hydrogens is 1250 g/mol. The number of nitrogens with two attached hydrogens (primary N) is 1. The molecule has 1 amide bonds. The van der Waals surface area contributed by atoms with E-state index in [1.165, 1.54) is 70.1 Å². The molecule has 0 atom stereocenters. The number of aryl methyl sites for hydroxylation is 2. The molecule has 0 aliphatic carbocycles. The van der Waals surface area contributed by atoms with Crippen LogP contribution in [-0.4, -0.2) is 155 Å². The average Bonchev–Trinajstić information content (AvgIpc) is 1.73. The molecule has 12 rings (SSSR count). The van der Waals surface area contributed by atoms with Gasteiger partial charge in [0, 0.05) is 110 Å². The van der Waals surface area contributed by atoms with Gasteiger partial charge in [0.2, 0.25) is 23.0 Å². The van der Waals surface area contributed by atoms with Crippen molar-refractivity contribution in [2.75, 3.05) is 112 Å². The first kappa shape index (κ1) is 70.3. The third-order valence-corrected chi connectivity index (χ3v) is 19.3. The van der Waals surface area contributed by atoms with Crippen molar-refractivity contribution in [1.29, 1.82) is 0 Å². The van der Waals surface area contributed by atoms with Crippen molar-refractivity contribution in [3.05, 3.63) is 134 Å². The summed E-state index contributed by atoms with van der Waals surface area (Å²) in [7, 11) is 11.6. The van der Waals surface area contributed by atoms with Crippen molar-refractivity contribution in [3.8, 4) is 34.0 Å². The Bertz CT molecular complexity index is 4180. The van der Waals surface area contributed by atoms with Crippen LogP contribution in [0.25, 0.3) is 44.3 Å². The fourth-order valence-corrected chi connectivity index (χ4v) is 13.6.